The molecule has 0 bridgehead atoms. The summed E-state index contributed by atoms with van der Waals surface area (Å²) in [6, 6.07) is 8.21. The van der Waals surface area contributed by atoms with Crippen molar-refractivity contribution in [3.8, 4) is 5.75 Å². The number of esters is 1. The maximum atomic E-state index is 11.6. The summed E-state index contributed by atoms with van der Waals surface area (Å²) < 4.78 is 10.8. The molecule has 2 saturated carbocycles. The molecule has 0 aromatic heterocycles. The van der Waals surface area contributed by atoms with E-state index in [2.05, 4.69) is 12.1 Å². The summed E-state index contributed by atoms with van der Waals surface area (Å²) in [5.41, 5.74) is 1.28. The molecule has 1 N–H and O–H groups in total. The second-order valence-electron chi connectivity index (χ2n) is 6.75. The highest BCUT2D eigenvalue weighted by Gasteiger charge is 2.44. The average molecular weight is 318 g/mol. The van der Waals surface area contributed by atoms with Gasteiger partial charge in [0.2, 0.25) is 0 Å². The van der Waals surface area contributed by atoms with Crippen LogP contribution in [0.1, 0.15) is 50.5 Å². The van der Waals surface area contributed by atoms with Gasteiger partial charge >= 0.3 is 5.97 Å². The lowest BCUT2D eigenvalue weighted by molar-refractivity contribution is -0.145. The van der Waals surface area contributed by atoms with Crippen molar-refractivity contribution >= 4 is 5.97 Å². The van der Waals surface area contributed by atoms with Crippen LogP contribution in [0.15, 0.2) is 24.3 Å². The van der Waals surface area contributed by atoms with Crippen molar-refractivity contribution in [1.82, 2.24) is 0 Å². The highest BCUT2D eigenvalue weighted by molar-refractivity contribution is 5.75. The highest BCUT2D eigenvalue weighted by Crippen LogP contribution is 2.40. The molecule has 2 aliphatic rings. The van der Waals surface area contributed by atoms with E-state index in [1.54, 1.807) is 0 Å². The normalized spacial score (nSPS) is 29.8. The summed E-state index contributed by atoms with van der Waals surface area (Å²) in [7, 11) is 0. The first-order valence-corrected chi connectivity index (χ1v) is 8.74. The summed E-state index contributed by atoms with van der Waals surface area (Å²) in [5, 5.41) is 9.79. The van der Waals surface area contributed by atoms with Crippen LogP contribution in [0, 0.1) is 11.8 Å². The molecule has 0 saturated heterocycles. The smallest absolute Gasteiger partial charge is 0.309 e. The molecule has 0 amide bonds. The molecule has 23 heavy (non-hydrogen) atoms. The number of aliphatic hydroxyl groups excluding tert-OH is 1. The van der Waals surface area contributed by atoms with Gasteiger partial charge in [-0.2, -0.15) is 0 Å². The Morgan fingerprint density at radius 3 is 2.70 bits per heavy atom. The third kappa shape index (κ3) is 4.25. The summed E-state index contributed by atoms with van der Waals surface area (Å²) in [6.45, 7) is 2.85. The highest BCUT2D eigenvalue weighted by atomic mass is 16.5. The van der Waals surface area contributed by atoms with Crippen molar-refractivity contribution in [2.45, 2.75) is 51.0 Å². The topological polar surface area (TPSA) is 55.8 Å². The Balaban J connectivity index is 1.46. The van der Waals surface area contributed by atoms with Gasteiger partial charge in [0.1, 0.15) is 5.75 Å². The minimum atomic E-state index is -0.153. The Kier molecular flexibility index (Phi) is 5.21. The van der Waals surface area contributed by atoms with Crippen LogP contribution in [-0.2, 0) is 9.53 Å². The van der Waals surface area contributed by atoms with Crippen molar-refractivity contribution in [2.24, 2.45) is 11.8 Å². The first-order valence-electron chi connectivity index (χ1n) is 8.74. The Morgan fingerprint density at radius 1 is 1.22 bits per heavy atom. The van der Waals surface area contributed by atoms with Crippen molar-refractivity contribution in [3.63, 3.8) is 0 Å². The van der Waals surface area contributed by atoms with Crippen LogP contribution in [0.3, 0.4) is 0 Å². The third-order valence-corrected chi connectivity index (χ3v) is 4.97. The molecule has 4 nitrogen and oxygen atoms in total. The monoisotopic (exact) mass is 318 g/mol. The Morgan fingerprint density at radius 2 is 2.00 bits per heavy atom. The van der Waals surface area contributed by atoms with Gasteiger partial charge < -0.3 is 14.6 Å². The summed E-state index contributed by atoms with van der Waals surface area (Å²) >= 11 is 0. The Labute approximate surface area is 137 Å². The largest absolute Gasteiger partial charge is 0.493 e. The standard InChI is InChI=1S/C19H26O4/c1-2-22-19(21)18-11-15(18)12-23-17-8-6-13(7-9-17)14-4-3-5-16(20)10-14/h6-9,14-16,18,20H,2-5,10-12H2,1H3. The number of carbonyl (C=O) groups excluding carboxylic acids is 1. The summed E-state index contributed by atoms with van der Waals surface area (Å²) in [5.74, 6) is 1.54. The van der Waals surface area contributed by atoms with E-state index in [1.165, 1.54) is 5.56 Å². The van der Waals surface area contributed by atoms with Crippen molar-refractivity contribution < 1.29 is 19.4 Å². The quantitative estimate of drug-likeness (QED) is 0.818. The van der Waals surface area contributed by atoms with E-state index in [-0.39, 0.29) is 18.0 Å². The van der Waals surface area contributed by atoms with Crippen LogP contribution in [0.4, 0.5) is 0 Å². The van der Waals surface area contributed by atoms with Crippen LogP contribution in [-0.4, -0.2) is 30.4 Å². The van der Waals surface area contributed by atoms with Gasteiger partial charge in [-0.15, -0.1) is 0 Å². The molecular formula is C19H26O4. The molecule has 4 heteroatoms. The minimum Gasteiger partial charge on any atom is -0.493 e. The van der Waals surface area contributed by atoms with Gasteiger partial charge in [0.05, 0.1) is 25.2 Å². The SMILES string of the molecule is CCOC(=O)C1CC1COc1ccc(C2CCCC(O)C2)cc1. The molecule has 1 aromatic carbocycles. The van der Waals surface area contributed by atoms with Crippen molar-refractivity contribution in [2.75, 3.05) is 13.2 Å². The Hall–Kier alpha value is -1.55. The summed E-state index contributed by atoms with van der Waals surface area (Å²) in [4.78, 5) is 11.6. The lowest BCUT2D eigenvalue weighted by Crippen LogP contribution is -2.18. The van der Waals surface area contributed by atoms with Crippen LogP contribution in [0.25, 0.3) is 0 Å². The number of carbonyl (C=O) groups is 1. The zero-order chi connectivity index (χ0) is 16.2. The van der Waals surface area contributed by atoms with Crippen LogP contribution in [0.5, 0.6) is 5.75 Å². The fraction of sp³-hybridized carbons (Fsp3) is 0.632. The number of hydrogen-bond acceptors (Lipinski definition) is 4. The average Bonchev–Trinajstić information content (AvgIpc) is 3.33. The zero-order valence-corrected chi connectivity index (χ0v) is 13.7. The third-order valence-electron chi connectivity index (χ3n) is 4.97. The van der Waals surface area contributed by atoms with E-state index >= 15 is 0 Å². The molecule has 0 radical (unpaired) electrons. The van der Waals surface area contributed by atoms with Gasteiger partial charge in [-0.1, -0.05) is 18.6 Å². The molecule has 2 fully saturated rings. The van der Waals surface area contributed by atoms with E-state index in [0.717, 1.165) is 37.9 Å². The van der Waals surface area contributed by atoms with E-state index in [1.807, 2.05) is 19.1 Å². The fourth-order valence-electron chi connectivity index (χ4n) is 3.48. The first-order chi connectivity index (χ1) is 11.2. The van der Waals surface area contributed by atoms with E-state index in [9.17, 15) is 9.90 Å². The number of aliphatic hydroxyl groups is 1. The second kappa shape index (κ2) is 7.35. The molecule has 0 spiro atoms. The maximum Gasteiger partial charge on any atom is 0.309 e. The summed E-state index contributed by atoms with van der Waals surface area (Å²) in [6.07, 6.45) is 4.77. The molecule has 0 heterocycles. The van der Waals surface area contributed by atoms with E-state index in [0.29, 0.717) is 25.0 Å². The number of ether oxygens (including phenoxy) is 2. The molecule has 4 unspecified atom stereocenters. The van der Waals surface area contributed by atoms with Gasteiger partial charge in [-0.3, -0.25) is 4.79 Å². The molecule has 2 aliphatic carbocycles. The number of benzene rings is 1. The molecular weight excluding hydrogens is 292 g/mol. The van der Waals surface area contributed by atoms with Crippen molar-refractivity contribution in [3.05, 3.63) is 29.8 Å². The van der Waals surface area contributed by atoms with E-state index < -0.39 is 0 Å². The van der Waals surface area contributed by atoms with Crippen LogP contribution >= 0.6 is 0 Å². The van der Waals surface area contributed by atoms with E-state index in [4.69, 9.17) is 9.47 Å². The number of hydrogen-bond donors (Lipinski definition) is 1. The second-order valence-corrected chi connectivity index (χ2v) is 6.75. The van der Waals surface area contributed by atoms with Gasteiger partial charge in [0.25, 0.3) is 0 Å². The fourth-order valence-corrected chi connectivity index (χ4v) is 3.48. The molecule has 4 atom stereocenters. The minimum absolute atomic E-state index is 0.0259. The lowest BCUT2D eigenvalue weighted by atomic mass is 9.82. The first kappa shape index (κ1) is 16.3. The Bertz CT molecular complexity index is 525. The molecule has 1 aromatic rings. The van der Waals surface area contributed by atoms with Crippen LogP contribution < -0.4 is 4.74 Å². The van der Waals surface area contributed by atoms with Gasteiger partial charge in [-0.25, -0.2) is 0 Å². The van der Waals surface area contributed by atoms with Gasteiger partial charge in [0.15, 0.2) is 0 Å². The predicted molar refractivity (Wildman–Crippen MR) is 87.4 cm³/mol. The van der Waals surface area contributed by atoms with Crippen molar-refractivity contribution in [1.29, 1.82) is 0 Å². The zero-order valence-electron chi connectivity index (χ0n) is 13.7. The maximum absolute atomic E-state index is 11.6. The number of rotatable bonds is 6. The molecule has 126 valence electrons. The van der Waals surface area contributed by atoms with Gasteiger partial charge in [-0.05, 0) is 56.2 Å². The predicted octanol–water partition coefficient (Wildman–Crippen LogP) is 3.28. The van der Waals surface area contributed by atoms with Crippen LogP contribution in [0.2, 0.25) is 0 Å². The molecule has 3 rings (SSSR count). The lowest BCUT2D eigenvalue weighted by Gasteiger charge is -2.26. The van der Waals surface area contributed by atoms with Gasteiger partial charge in [0, 0.05) is 5.92 Å². The molecule has 0 aliphatic heterocycles.